The molecule has 0 fully saturated rings. The molecule has 0 N–H and O–H groups in total. The largest absolute Gasteiger partial charge is 0.464 e. The highest BCUT2D eigenvalue weighted by molar-refractivity contribution is 5.96. The fraction of sp³-hybridized carbons (Fsp3) is 0.312. The van der Waals surface area contributed by atoms with E-state index in [1.165, 1.54) is 19.2 Å². The molecule has 22 heavy (non-hydrogen) atoms. The lowest BCUT2D eigenvalue weighted by Crippen LogP contribution is -2.13. The molecule has 1 aromatic carbocycles. The van der Waals surface area contributed by atoms with E-state index in [0.717, 1.165) is 12.1 Å². The molecule has 1 aromatic heterocycles. The molecule has 3 nitrogen and oxygen atoms in total. The van der Waals surface area contributed by atoms with Crippen LogP contribution in [0.3, 0.4) is 0 Å². The zero-order valence-corrected chi connectivity index (χ0v) is 12.4. The molecule has 0 aliphatic rings. The average molecular weight is 311 g/mol. The van der Waals surface area contributed by atoms with Crippen LogP contribution in [0.1, 0.15) is 35.9 Å². The van der Waals surface area contributed by atoms with E-state index in [1.807, 2.05) is 13.8 Å². The summed E-state index contributed by atoms with van der Waals surface area (Å²) in [5.74, 6) is -0.520. The fourth-order valence-corrected chi connectivity index (χ4v) is 2.26. The Morgan fingerprint density at radius 1 is 1.14 bits per heavy atom. The molecule has 0 spiro atoms. The number of aromatic nitrogens is 1. The van der Waals surface area contributed by atoms with Crippen LogP contribution in [0.25, 0.3) is 11.1 Å². The molecule has 0 saturated heterocycles. The summed E-state index contributed by atoms with van der Waals surface area (Å²) in [6.07, 6.45) is -2.66. The van der Waals surface area contributed by atoms with Crippen molar-refractivity contribution < 1.29 is 22.7 Å². The number of carbonyl (C=O) groups is 1. The van der Waals surface area contributed by atoms with E-state index in [9.17, 15) is 18.0 Å². The predicted octanol–water partition coefficient (Wildman–Crippen LogP) is 4.54. The van der Waals surface area contributed by atoms with E-state index < -0.39 is 17.7 Å². The normalized spacial score (nSPS) is 11.8. The van der Waals surface area contributed by atoms with Gasteiger partial charge in [0.1, 0.15) is 5.69 Å². The van der Waals surface area contributed by atoms with Crippen LogP contribution < -0.4 is 0 Å². The minimum absolute atomic E-state index is 0.0253. The number of hydrogen-bond acceptors (Lipinski definition) is 2. The fourth-order valence-electron chi connectivity index (χ4n) is 2.26. The van der Waals surface area contributed by atoms with Crippen LogP contribution in [0.5, 0.6) is 0 Å². The molecular formula is C16H16F3NO2. The molecule has 0 aliphatic carbocycles. The van der Waals surface area contributed by atoms with E-state index in [1.54, 1.807) is 16.8 Å². The van der Waals surface area contributed by atoms with Gasteiger partial charge in [0.15, 0.2) is 0 Å². The van der Waals surface area contributed by atoms with Crippen molar-refractivity contribution in [1.82, 2.24) is 4.57 Å². The highest BCUT2D eigenvalue weighted by Crippen LogP contribution is 2.33. The maximum atomic E-state index is 12.6. The van der Waals surface area contributed by atoms with Gasteiger partial charge in [-0.25, -0.2) is 4.79 Å². The molecule has 1 heterocycles. The maximum absolute atomic E-state index is 12.6. The lowest BCUT2D eigenvalue weighted by Gasteiger charge is -2.13. The average Bonchev–Trinajstić information content (AvgIpc) is 2.90. The molecule has 0 bridgehead atoms. The van der Waals surface area contributed by atoms with Gasteiger partial charge >= 0.3 is 12.1 Å². The van der Waals surface area contributed by atoms with Crippen molar-refractivity contribution in [3.8, 4) is 11.1 Å². The standard InChI is InChI=1S/C16H16F3NO2/c1-10(2)20-9-8-13(14(20)15(21)22-3)11-4-6-12(7-5-11)16(17,18)19/h4-10H,1-3H3. The highest BCUT2D eigenvalue weighted by atomic mass is 19.4. The number of halogens is 3. The lowest BCUT2D eigenvalue weighted by atomic mass is 10.0. The van der Waals surface area contributed by atoms with Gasteiger partial charge < -0.3 is 9.30 Å². The van der Waals surface area contributed by atoms with Crippen molar-refractivity contribution in [2.75, 3.05) is 7.11 Å². The minimum Gasteiger partial charge on any atom is -0.464 e. The SMILES string of the molecule is COC(=O)c1c(-c2ccc(C(F)(F)F)cc2)ccn1C(C)C. The van der Waals surface area contributed by atoms with Gasteiger partial charge in [0.2, 0.25) is 0 Å². The Kier molecular flexibility index (Phi) is 4.30. The minimum atomic E-state index is -4.38. The van der Waals surface area contributed by atoms with E-state index in [4.69, 9.17) is 4.74 Å². The Balaban J connectivity index is 2.51. The zero-order chi connectivity index (χ0) is 16.5. The van der Waals surface area contributed by atoms with Gasteiger partial charge in [0.05, 0.1) is 12.7 Å². The number of alkyl halides is 3. The molecule has 0 radical (unpaired) electrons. The number of ether oxygens (including phenoxy) is 1. The molecular weight excluding hydrogens is 295 g/mol. The number of rotatable bonds is 3. The van der Waals surface area contributed by atoms with E-state index >= 15 is 0 Å². The second kappa shape index (κ2) is 5.87. The van der Waals surface area contributed by atoms with E-state index in [2.05, 4.69) is 0 Å². The van der Waals surface area contributed by atoms with Crippen LogP contribution in [-0.4, -0.2) is 17.6 Å². The second-order valence-electron chi connectivity index (χ2n) is 5.15. The Hall–Kier alpha value is -2.24. The number of methoxy groups -OCH3 is 1. The van der Waals surface area contributed by atoms with Crippen LogP contribution in [0, 0.1) is 0 Å². The summed E-state index contributed by atoms with van der Waals surface area (Å²) < 4.78 is 44.4. The predicted molar refractivity (Wildman–Crippen MR) is 76.6 cm³/mol. The number of carbonyl (C=O) groups excluding carboxylic acids is 1. The Bertz CT molecular complexity index is 670. The van der Waals surface area contributed by atoms with Gasteiger partial charge in [-0.1, -0.05) is 12.1 Å². The first-order valence-electron chi connectivity index (χ1n) is 6.72. The number of benzene rings is 1. The van der Waals surface area contributed by atoms with Crippen LogP contribution in [0.4, 0.5) is 13.2 Å². The van der Waals surface area contributed by atoms with Crippen LogP contribution in [0.2, 0.25) is 0 Å². The van der Waals surface area contributed by atoms with E-state index in [-0.39, 0.29) is 6.04 Å². The molecule has 6 heteroatoms. The smallest absolute Gasteiger partial charge is 0.416 e. The van der Waals surface area contributed by atoms with Gasteiger partial charge in [-0.15, -0.1) is 0 Å². The summed E-state index contributed by atoms with van der Waals surface area (Å²) in [6, 6.07) is 6.45. The van der Waals surface area contributed by atoms with Gasteiger partial charge in [0, 0.05) is 17.8 Å². The Labute approximate surface area is 126 Å². The molecule has 0 saturated carbocycles. The number of esters is 1. The molecule has 2 rings (SSSR count). The molecule has 0 unspecified atom stereocenters. The molecule has 0 amide bonds. The molecule has 2 aromatic rings. The topological polar surface area (TPSA) is 31.2 Å². The molecule has 0 atom stereocenters. The van der Waals surface area contributed by atoms with Crippen molar-refractivity contribution in [2.45, 2.75) is 26.1 Å². The third-order valence-electron chi connectivity index (χ3n) is 3.37. The maximum Gasteiger partial charge on any atom is 0.416 e. The van der Waals surface area contributed by atoms with Crippen LogP contribution >= 0.6 is 0 Å². The van der Waals surface area contributed by atoms with Crippen molar-refractivity contribution in [3.05, 3.63) is 47.8 Å². The monoisotopic (exact) mass is 311 g/mol. The quantitative estimate of drug-likeness (QED) is 0.779. The van der Waals surface area contributed by atoms with E-state index in [0.29, 0.717) is 16.8 Å². The highest BCUT2D eigenvalue weighted by Gasteiger charge is 2.30. The van der Waals surface area contributed by atoms with Gasteiger partial charge in [0.25, 0.3) is 0 Å². The first-order valence-corrected chi connectivity index (χ1v) is 6.72. The van der Waals surface area contributed by atoms with Crippen LogP contribution in [-0.2, 0) is 10.9 Å². The van der Waals surface area contributed by atoms with Crippen molar-refractivity contribution in [2.24, 2.45) is 0 Å². The first kappa shape index (κ1) is 16.1. The zero-order valence-electron chi connectivity index (χ0n) is 12.4. The number of hydrogen-bond donors (Lipinski definition) is 0. The van der Waals surface area contributed by atoms with Crippen molar-refractivity contribution >= 4 is 5.97 Å². The first-order chi connectivity index (χ1) is 10.3. The summed E-state index contributed by atoms with van der Waals surface area (Å²) in [4.78, 5) is 12.0. The second-order valence-corrected chi connectivity index (χ2v) is 5.15. The van der Waals surface area contributed by atoms with Gasteiger partial charge in [-0.05, 0) is 37.6 Å². The van der Waals surface area contributed by atoms with Crippen LogP contribution in [0.15, 0.2) is 36.5 Å². The Morgan fingerprint density at radius 3 is 2.18 bits per heavy atom. The summed E-state index contributed by atoms with van der Waals surface area (Å²) in [5, 5.41) is 0. The van der Waals surface area contributed by atoms with Crippen molar-refractivity contribution in [1.29, 1.82) is 0 Å². The summed E-state index contributed by atoms with van der Waals surface area (Å²) >= 11 is 0. The van der Waals surface area contributed by atoms with Crippen molar-refractivity contribution in [3.63, 3.8) is 0 Å². The van der Waals surface area contributed by atoms with Gasteiger partial charge in [-0.3, -0.25) is 0 Å². The van der Waals surface area contributed by atoms with Gasteiger partial charge in [-0.2, -0.15) is 13.2 Å². The summed E-state index contributed by atoms with van der Waals surface area (Å²) in [5.41, 5.74) is 0.693. The third kappa shape index (κ3) is 3.00. The third-order valence-corrected chi connectivity index (χ3v) is 3.37. The number of nitrogens with zero attached hydrogens (tertiary/aromatic N) is 1. The molecule has 0 aliphatic heterocycles. The summed E-state index contributed by atoms with van der Waals surface area (Å²) in [7, 11) is 1.27. The Morgan fingerprint density at radius 2 is 1.73 bits per heavy atom. The lowest BCUT2D eigenvalue weighted by molar-refractivity contribution is -0.137. The summed E-state index contributed by atoms with van der Waals surface area (Å²) in [6.45, 7) is 3.81. The molecule has 118 valence electrons.